The molecule has 1 fully saturated rings. The largest absolute Gasteiger partial charge is 0.486 e. The summed E-state index contributed by atoms with van der Waals surface area (Å²) in [4.78, 5) is 12.2. The average molecular weight is 422 g/mol. The lowest BCUT2D eigenvalue weighted by atomic mass is 10.1. The number of rotatable bonds is 4. The third kappa shape index (κ3) is 4.75. The number of morpholine rings is 1. The molecule has 0 bridgehead atoms. The highest BCUT2D eigenvalue weighted by Gasteiger charge is 2.21. The molecule has 24 heavy (non-hydrogen) atoms. The molecule has 2 aliphatic heterocycles. The van der Waals surface area contributed by atoms with Crippen LogP contribution in [0.3, 0.4) is 0 Å². The van der Waals surface area contributed by atoms with Crippen molar-refractivity contribution in [3.8, 4) is 11.5 Å². The van der Waals surface area contributed by atoms with E-state index in [1.165, 1.54) is 0 Å². The molecule has 2 atom stereocenters. The van der Waals surface area contributed by atoms with Crippen LogP contribution in [0.1, 0.15) is 24.9 Å². The molecule has 1 saturated heterocycles. The van der Waals surface area contributed by atoms with Gasteiger partial charge in [-0.3, -0.25) is 4.79 Å². The zero-order valence-electron chi connectivity index (χ0n) is 13.5. The predicted octanol–water partition coefficient (Wildman–Crippen LogP) is 2.20. The van der Waals surface area contributed by atoms with E-state index in [0.29, 0.717) is 32.8 Å². The van der Waals surface area contributed by atoms with E-state index in [2.05, 4.69) is 26.6 Å². The van der Waals surface area contributed by atoms with Crippen LogP contribution in [0.4, 0.5) is 0 Å². The van der Waals surface area contributed by atoms with Crippen LogP contribution in [0.15, 0.2) is 16.6 Å². The van der Waals surface area contributed by atoms with Gasteiger partial charge >= 0.3 is 0 Å². The van der Waals surface area contributed by atoms with Crippen molar-refractivity contribution in [2.24, 2.45) is 0 Å². The molecule has 134 valence electrons. The topological polar surface area (TPSA) is 68.8 Å². The molecule has 1 amide bonds. The first kappa shape index (κ1) is 19.3. The van der Waals surface area contributed by atoms with Gasteiger partial charge in [0, 0.05) is 23.5 Å². The van der Waals surface area contributed by atoms with Crippen molar-refractivity contribution >= 4 is 34.2 Å². The number of hydrogen-bond acceptors (Lipinski definition) is 5. The summed E-state index contributed by atoms with van der Waals surface area (Å²) < 4.78 is 17.4. The molecule has 0 spiro atoms. The number of benzene rings is 1. The number of carbonyl (C=O) groups excluding carboxylic acids is 1. The predicted molar refractivity (Wildman–Crippen MR) is 96.2 cm³/mol. The lowest BCUT2D eigenvalue weighted by molar-refractivity contribution is -0.122. The van der Waals surface area contributed by atoms with Gasteiger partial charge in [0.25, 0.3) is 0 Å². The summed E-state index contributed by atoms with van der Waals surface area (Å²) >= 11 is 3.55. The van der Waals surface area contributed by atoms with Crippen LogP contribution in [-0.4, -0.2) is 44.9 Å². The third-order valence-electron chi connectivity index (χ3n) is 3.94. The van der Waals surface area contributed by atoms with Gasteiger partial charge < -0.3 is 24.8 Å². The molecule has 6 nitrogen and oxygen atoms in total. The van der Waals surface area contributed by atoms with Crippen molar-refractivity contribution in [2.75, 3.05) is 33.0 Å². The average Bonchev–Trinajstić information content (AvgIpc) is 2.55. The van der Waals surface area contributed by atoms with Crippen LogP contribution in [0, 0.1) is 0 Å². The van der Waals surface area contributed by atoms with Gasteiger partial charge in [-0.05, 0) is 24.6 Å². The molecule has 2 heterocycles. The highest BCUT2D eigenvalue weighted by Crippen LogP contribution is 2.37. The van der Waals surface area contributed by atoms with Gasteiger partial charge in [0.1, 0.15) is 13.2 Å². The van der Waals surface area contributed by atoms with Crippen molar-refractivity contribution in [1.82, 2.24) is 10.6 Å². The minimum Gasteiger partial charge on any atom is -0.486 e. The van der Waals surface area contributed by atoms with E-state index < -0.39 is 0 Å². The van der Waals surface area contributed by atoms with E-state index in [0.717, 1.165) is 28.1 Å². The molecule has 0 saturated carbocycles. The van der Waals surface area contributed by atoms with E-state index in [1.807, 2.05) is 19.1 Å². The van der Waals surface area contributed by atoms with Crippen molar-refractivity contribution in [2.45, 2.75) is 25.4 Å². The Labute approximate surface area is 156 Å². The van der Waals surface area contributed by atoms with Gasteiger partial charge in [0.2, 0.25) is 5.91 Å². The highest BCUT2D eigenvalue weighted by molar-refractivity contribution is 9.10. The van der Waals surface area contributed by atoms with E-state index in [4.69, 9.17) is 14.2 Å². The fourth-order valence-corrected chi connectivity index (χ4v) is 3.43. The first-order valence-electron chi connectivity index (χ1n) is 7.83. The van der Waals surface area contributed by atoms with Gasteiger partial charge in [0.05, 0.1) is 19.3 Å². The second-order valence-corrected chi connectivity index (χ2v) is 6.59. The Morgan fingerprint density at radius 1 is 1.33 bits per heavy atom. The van der Waals surface area contributed by atoms with Crippen LogP contribution < -0.4 is 20.1 Å². The number of fused-ring (bicyclic) bond motifs is 1. The fourth-order valence-electron chi connectivity index (χ4n) is 2.76. The number of halogens is 2. The van der Waals surface area contributed by atoms with E-state index in [1.54, 1.807) is 0 Å². The monoisotopic (exact) mass is 420 g/mol. The van der Waals surface area contributed by atoms with Crippen LogP contribution in [0.5, 0.6) is 11.5 Å². The third-order valence-corrected chi connectivity index (χ3v) is 4.62. The highest BCUT2D eigenvalue weighted by atomic mass is 79.9. The van der Waals surface area contributed by atoms with Gasteiger partial charge in [0.15, 0.2) is 11.5 Å². The summed E-state index contributed by atoms with van der Waals surface area (Å²) in [5.41, 5.74) is 0.968. The van der Waals surface area contributed by atoms with E-state index >= 15 is 0 Å². The molecule has 1 aromatic carbocycles. The van der Waals surface area contributed by atoms with Gasteiger partial charge in [-0.25, -0.2) is 0 Å². The smallest absolute Gasteiger partial charge is 0.222 e. The van der Waals surface area contributed by atoms with Crippen molar-refractivity contribution in [1.29, 1.82) is 0 Å². The zero-order valence-corrected chi connectivity index (χ0v) is 15.9. The van der Waals surface area contributed by atoms with Gasteiger partial charge in [-0.1, -0.05) is 15.9 Å². The first-order chi connectivity index (χ1) is 11.1. The Morgan fingerprint density at radius 3 is 2.71 bits per heavy atom. The molecule has 0 aliphatic carbocycles. The lowest BCUT2D eigenvalue weighted by Gasteiger charge is -2.25. The number of amides is 1. The van der Waals surface area contributed by atoms with Crippen molar-refractivity contribution < 1.29 is 19.0 Å². The lowest BCUT2D eigenvalue weighted by Crippen LogP contribution is -2.44. The molecule has 8 heteroatoms. The summed E-state index contributed by atoms with van der Waals surface area (Å²) in [6.07, 6.45) is 0.409. The summed E-state index contributed by atoms with van der Waals surface area (Å²) in [6.45, 7) is 5.14. The van der Waals surface area contributed by atoms with Crippen molar-refractivity contribution in [3.05, 3.63) is 22.2 Å². The number of carbonyl (C=O) groups is 1. The second-order valence-electron chi connectivity index (χ2n) is 5.74. The summed E-state index contributed by atoms with van der Waals surface area (Å²) in [7, 11) is 0. The Hall–Kier alpha value is -1.02. The molecule has 3 rings (SSSR count). The molecule has 1 aromatic rings. The van der Waals surface area contributed by atoms with E-state index in [9.17, 15) is 4.79 Å². The van der Waals surface area contributed by atoms with Crippen LogP contribution in [0.2, 0.25) is 0 Å². The molecule has 2 aliphatic rings. The van der Waals surface area contributed by atoms with Gasteiger partial charge in [-0.2, -0.15) is 0 Å². The molecular formula is C16H22BrClN2O4. The Kier molecular flexibility index (Phi) is 7.16. The summed E-state index contributed by atoms with van der Waals surface area (Å²) in [5, 5.41) is 6.31. The second kappa shape index (κ2) is 8.89. The fraction of sp³-hybridized carbons (Fsp3) is 0.562. The van der Waals surface area contributed by atoms with Crippen LogP contribution in [-0.2, 0) is 9.53 Å². The Balaban J connectivity index is 0.00000208. The molecular weight excluding hydrogens is 400 g/mol. The zero-order chi connectivity index (χ0) is 16.2. The van der Waals surface area contributed by atoms with Gasteiger partial charge in [-0.15, -0.1) is 12.4 Å². The maximum atomic E-state index is 12.2. The number of ether oxygens (including phenoxy) is 3. The molecule has 2 N–H and O–H groups in total. The van der Waals surface area contributed by atoms with Crippen LogP contribution in [0.25, 0.3) is 0 Å². The Bertz CT molecular complexity index is 581. The van der Waals surface area contributed by atoms with Crippen LogP contribution >= 0.6 is 28.3 Å². The Morgan fingerprint density at radius 2 is 2.04 bits per heavy atom. The maximum absolute atomic E-state index is 12.2. The van der Waals surface area contributed by atoms with Crippen molar-refractivity contribution in [3.63, 3.8) is 0 Å². The number of nitrogens with one attached hydrogen (secondary N) is 2. The minimum atomic E-state index is -0.128. The first-order valence-corrected chi connectivity index (χ1v) is 8.62. The molecule has 0 radical (unpaired) electrons. The van der Waals surface area contributed by atoms with E-state index in [-0.39, 0.29) is 30.4 Å². The standard InChI is InChI=1S/C16H21BrN2O4.ClH/c1-10(19-16(20)6-11-9-21-3-2-18-11)12-7-14-15(8-13(12)17)23-5-4-22-14;/h7-8,10-11,18H,2-6,9H2,1H3,(H,19,20);1H. The summed E-state index contributed by atoms with van der Waals surface area (Å²) in [5.74, 6) is 1.45. The quantitative estimate of drug-likeness (QED) is 0.780. The minimum absolute atomic E-state index is 0. The normalized spacial score (nSPS) is 20.7. The molecule has 0 aromatic heterocycles. The maximum Gasteiger partial charge on any atom is 0.222 e. The molecule has 2 unspecified atom stereocenters. The summed E-state index contributed by atoms with van der Waals surface area (Å²) in [6, 6.07) is 3.77. The number of hydrogen-bond donors (Lipinski definition) is 2. The SMILES string of the molecule is CC(NC(=O)CC1COCCN1)c1cc2c(cc1Br)OCCO2.Cl.